The first kappa shape index (κ1) is 12.4. The summed E-state index contributed by atoms with van der Waals surface area (Å²) in [6, 6.07) is 27.3. The maximum absolute atomic E-state index is 3.50. The molecule has 3 aromatic rings. The van der Waals surface area contributed by atoms with Crippen LogP contribution >= 0.6 is 11.9 Å². The van der Waals surface area contributed by atoms with Gasteiger partial charge in [-0.25, -0.2) is 0 Å². The lowest BCUT2D eigenvalue weighted by Gasteiger charge is -2.32. The molecule has 0 radical (unpaired) electrons. The number of nitrogens with zero attached hydrogens (tertiary/aromatic N) is 1. The van der Waals surface area contributed by atoms with Crippen LogP contribution in [0.3, 0.4) is 0 Å². The molecule has 0 aromatic heterocycles. The Labute approximate surface area is 128 Å². The maximum atomic E-state index is 3.50. The molecule has 2 nitrogen and oxygen atoms in total. The summed E-state index contributed by atoms with van der Waals surface area (Å²) in [5.41, 5.74) is 4.65. The molecule has 0 saturated carbocycles. The lowest BCUT2D eigenvalue weighted by atomic mass is 10.1. The lowest BCUT2D eigenvalue weighted by Crippen LogP contribution is -2.15. The van der Waals surface area contributed by atoms with Crippen molar-refractivity contribution in [2.24, 2.45) is 0 Å². The Morgan fingerprint density at radius 1 is 0.619 bits per heavy atom. The smallest absolute Gasteiger partial charge is 0.0764 e. The Morgan fingerprint density at radius 3 is 1.76 bits per heavy atom. The number of hydrogen-bond donors (Lipinski definition) is 1. The normalized spacial score (nSPS) is 12.3. The van der Waals surface area contributed by atoms with Gasteiger partial charge in [0.05, 0.1) is 22.7 Å². The number of anilines is 4. The minimum Gasteiger partial charge on any atom is -0.352 e. The first-order chi connectivity index (χ1) is 10.4. The Kier molecular flexibility index (Phi) is 3.05. The van der Waals surface area contributed by atoms with Crippen molar-refractivity contribution in [3.8, 4) is 0 Å². The molecule has 0 saturated heterocycles. The molecule has 4 rings (SSSR count). The van der Waals surface area contributed by atoms with Gasteiger partial charge in [-0.15, -0.1) is 0 Å². The van der Waals surface area contributed by atoms with Crippen LogP contribution in [0, 0.1) is 0 Å². The summed E-state index contributed by atoms with van der Waals surface area (Å²) in [5, 5.41) is 3.50. The first-order valence-electron chi connectivity index (χ1n) is 6.90. The number of fused-ring (bicyclic) bond motifs is 2. The Morgan fingerprint density at radius 2 is 1.14 bits per heavy atom. The van der Waals surface area contributed by atoms with Crippen molar-refractivity contribution in [2.45, 2.75) is 4.90 Å². The quantitative estimate of drug-likeness (QED) is 0.619. The van der Waals surface area contributed by atoms with Crippen molar-refractivity contribution in [1.82, 2.24) is 0 Å². The van der Waals surface area contributed by atoms with E-state index in [1.807, 2.05) is 6.07 Å². The van der Waals surface area contributed by atoms with Gasteiger partial charge in [-0.1, -0.05) is 42.5 Å². The first-order valence-corrected chi connectivity index (χ1v) is 7.67. The third kappa shape index (κ3) is 2.26. The van der Waals surface area contributed by atoms with Gasteiger partial charge >= 0.3 is 0 Å². The standard InChI is InChI=1S/C18H14N2S/c1-2-8-14(9-3-1)21-20-17-12-6-4-10-15(17)19-16-11-5-7-13-18(16)20/h1-13,19H. The Balaban J connectivity index is 1.82. The summed E-state index contributed by atoms with van der Waals surface area (Å²) in [5.74, 6) is 0. The van der Waals surface area contributed by atoms with E-state index in [4.69, 9.17) is 0 Å². The second-order valence-electron chi connectivity index (χ2n) is 4.86. The van der Waals surface area contributed by atoms with Crippen LogP contribution in [0.15, 0.2) is 83.8 Å². The molecule has 1 heterocycles. The summed E-state index contributed by atoms with van der Waals surface area (Å²) in [4.78, 5) is 1.23. The highest BCUT2D eigenvalue weighted by Gasteiger charge is 2.22. The molecule has 102 valence electrons. The molecular formula is C18H14N2S. The topological polar surface area (TPSA) is 15.3 Å². The van der Waals surface area contributed by atoms with Gasteiger partial charge in [0.25, 0.3) is 0 Å². The molecule has 1 aliphatic rings. The van der Waals surface area contributed by atoms with Crippen molar-refractivity contribution < 1.29 is 0 Å². The maximum Gasteiger partial charge on any atom is 0.0764 e. The van der Waals surface area contributed by atoms with Crippen LogP contribution in [0.2, 0.25) is 0 Å². The van der Waals surface area contributed by atoms with E-state index < -0.39 is 0 Å². The molecule has 1 aliphatic heterocycles. The third-order valence-electron chi connectivity index (χ3n) is 3.45. The van der Waals surface area contributed by atoms with Crippen LogP contribution in [0.25, 0.3) is 0 Å². The molecular weight excluding hydrogens is 276 g/mol. The second-order valence-corrected chi connectivity index (χ2v) is 5.88. The highest BCUT2D eigenvalue weighted by molar-refractivity contribution is 8.01. The molecule has 3 aromatic carbocycles. The number of nitrogens with one attached hydrogen (secondary N) is 1. The van der Waals surface area contributed by atoms with E-state index >= 15 is 0 Å². The van der Waals surface area contributed by atoms with Gasteiger partial charge in [-0.3, -0.25) is 4.31 Å². The molecule has 0 unspecified atom stereocenters. The largest absolute Gasteiger partial charge is 0.352 e. The SMILES string of the molecule is c1ccc(SN2c3ccccc3Nc3ccccc32)cc1. The fourth-order valence-electron chi connectivity index (χ4n) is 2.47. The van der Waals surface area contributed by atoms with Gasteiger partial charge in [-0.2, -0.15) is 0 Å². The molecule has 3 heteroatoms. The number of rotatable bonds is 2. The average Bonchev–Trinajstić information content (AvgIpc) is 2.55. The predicted molar refractivity (Wildman–Crippen MR) is 90.6 cm³/mol. The summed E-state index contributed by atoms with van der Waals surface area (Å²) >= 11 is 1.74. The molecule has 21 heavy (non-hydrogen) atoms. The second kappa shape index (κ2) is 5.19. The van der Waals surface area contributed by atoms with E-state index in [0.717, 1.165) is 11.4 Å². The van der Waals surface area contributed by atoms with E-state index in [2.05, 4.69) is 82.4 Å². The molecule has 0 atom stereocenters. The van der Waals surface area contributed by atoms with Gasteiger partial charge in [0.2, 0.25) is 0 Å². The van der Waals surface area contributed by atoms with Gasteiger partial charge in [0.15, 0.2) is 0 Å². The summed E-state index contributed by atoms with van der Waals surface area (Å²) in [6.07, 6.45) is 0. The Hall–Kier alpha value is -2.39. The van der Waals surface area contributed by atoms with Gasteiger partial charge in [0, 0.05) is 4.90 Å². The van der Waals surface area contributed by atoms with E-state index in [1.54, 1.807) is 11.9 Å². The minimum absolute atomic E-state index is 1.14. The highest BCUT2D eigenvalue weighted by atomic mass is 32.2. The van der Waals surface area contributed by atoms with Crippen LogP contribution in [0.5, 0.6) is 0 Å². The van der Waals surface area contributed by atoms with Crippen LogP contribution in [0.4, 0.5) is 22.7 Å². The minimum atomic E-state index is 1.14. The fraction of sp³-hybridized carbons (Fsp3) is 0. The van der Waals surface area contributed by atoms with E-state index in [-0.39, 0.29) is 0 Å². The highest BCUT2D eigenvalue weighted by Crippen LogP contribution is 2.48. The summed E-state index contributed by atoms with van der Waals surface area (Å²) < 4.78 is 2.29. The van der Waals surface area contributed by atoms with Gasteiger partial charge in [-0.05, 0) is 48.3 Å². The van der Waals surface area contributed by atoms with E-state index in [0.29, 0.717) is 0 Å². The number of hydrogen-bond acceptors (Lipinski definition) is 3. The van der Waals surface area contributed by atoms with Gasteiger partial charge in [0.1, 0.15) is 0 Å². The summed E-state index contributed by atoms with van der Waals surface area (Å²) in [7, 11) is 0. The van der Waals surface area contributed by atoms with E-state index in [9.17, 15) is 0 Å². The van der Waals surface area contributed by atoms with Crippen molar-refractivity contribution in [2.75, 3.05) is 9.62 Å². The molecule has 1 N–H and O–H groups in total. The lowest BCUT2D eigenvalue weighted by molar-refractivity contribution is 1.35. The van der Waals surface area contributed by atoms with Crippen molar-refractivity contribution >= 4 is 34.7 Å². The zero-order valence-corrected chi connectivity index (χ0v) is 12.2. The number of benzene rings is 3. The number of para-hydroxylation sites is 4. The third-order valence-corrected chi connectivity index (χ3v) is 4.51. The van der Waals surface area contributed by atoms with Crippen LogP contribution in [0.1, 0.15) is 0 Å². The van der Waals surface area contributed by atoms with Crippen LogP contribution in [-0.4, -0.2) is 0 Å². The fourth-order valence-corrected chi connectivity index (χ4v) is 3.48. The molecule has 0 fully saturated rings. The monoisotopic (exact) mass is 290 g/mol. The molecule has 0 aliphatic carbocycles. The molecule has 0 amide bonds. The zero-order valence-electron chi connectivity index (χ0n) is 11.4. The van der Waals surface area contributed by atoms with E-state index in [1.165, 1.54) is 16.3 Å². The molecule has 0 spiro atoms. The van der Waals surface area contributed by atoms with Crippen molar-refractivity contribution in [1.29, 1.82) is 0 Å². The van der Waals surface area contributed by atoms with Gasteiger partial charge < -0.3 is 5.32 Å². The molecule has 0 bridgehead atoms. The predicted octanol–water partition coefficient (Wildman–Crippen LogP) is 5.59. The summed E-state index contributed by atoms with van der Waals surface area (Å²) in [6.45, 7) is 0. The van der Waals surface area contributed by atoms with Crippen LogP contribution in [-0.2, 0) is 0 Å². The average molecular weight is 290 g/mol. The van der Waals surface area contributed by atoms with Crippen molar-refractivity contribution in [3.63, 3.8) is 0 Å². The Bertz CT molecular complexity index is 725. The zero-order chi connectivity index (χ0) is 14.1. The van der Waals surface area contributed by atoms with Crippen LogP contribution < -0.4 is 9.62 Å². The van der Waals surface area contributed by atoms with Crippen molar-refractivity contribution in [3.05, 3.63) is 78.9 Å².